The number of amides is 1. The van der Waals surface area contributed by atoms with Gasteiger partial charge >= 0.3 is 0 Å². The standard InChI is InChI=1S/C15H23N3OS/c1-11(2)18-7-6-13(9-18)8-16-15(19)5-4-14-10-20-12(3)17-14/h4-5,10-11,13H,6-9H2,1-3H3,(H,16,19)/b5-4+/t13-/m0/s1. The van der Waals surface area contributed by atoms with Crippen LogP contribution in [0.2, 0.25) is 0 Å². The third-order valence-electron chi connectivity index (χ3n) is 3.65. The molecule has 1 aliphatic rings. The Kier molecular flexibility index (Phi) is 5.31. The molecule has 0 aromatic carbocycles. The van der Waals surface area contributed by atoms with Crippen molar-refractivity contribution in [3.63, 3.8) is 0 Å². The monoisotopic (exact) mass is 293 g/mol. The molecule has 4 nitrogen and oxygen atoms in total. The first kappa shape index (κ1) is 15.2. The van der Waals surface area contributed by atoms with Crippen LogP contribution in [0.1, 0.15) is 31.0 Å². The van der Waals surface area contributed by atoms with Gasteiger partial charge in [-0.25, -0.2) is 4.98 Å². The van der Waals surface area contributed by atoms with E-state index < -0.39 is 0 Å². The molecule has 110 valence electrons. The van der Waals surface area contributed by atoms with E-state index in [-0.39, 0.29) is 5.91 Å². The number of aryl methyl sites for hydroxylation is 1. The van der Waals surface area contributed by atoms with Crippen molar-refractivity contribution in [2.75, 3.05) is 19.6 Å². The number of nitrogens with one attached hydrogen (secondary N) is 1. The van der Waals surface area contributed by atoms with Gasteiger partial charge in [0.2, 0.25) is 5.91 Å². The van der Waals surface area contributed by atoms with Crippen molar-refractivity contribution in [2.45, 2.75) is 33.2 Å². The molecule has 0 unspecified atom stereocenters. The van der Waals surface area contributed by atoms with Gasteiger partial charge in [-0.2, -0.15) is 0 Å². The minimum atomic E-state index is -0.0290. The van der Waals surface area contributed by atoms with Crippen LogP contribution in [0.5, 0.6) is 0 Å². The SMILES string of the molecule is Cc1nc(/C=C/C(=O)NC[C@@H]2CCN(C(C)C)C2)cs1. The van der Waals surface area contributed by atoms with E-state index in [1.54, 1.807) is 23.5 Å². The Morgan fingerprint density at radius 2 is 2.45 bits per heavy atom. The highest BCUT2D eigenvalue weighted by Crippen LogP contribution is 2.17. The highest BCUT2D eigenvalue weighted by Gasteiger charge is 2.23. The topological polar surface area (TPSA) is 45.2 Å². The Hall–Kier alpha value is -1.20. The second kappa shape index (κ2) is 6.99. The quantitative estimate of drug-likeness (QED) is 0.847. The molecular weight excluding hydrogens is 270 g/mol. The van der Waals surface area contributed by atoms with Crippen molar-refractivity contribution < 1.29 is 4.79 Å². The highest BCUT2D eigenvalue weighted by atomic mass is 32.1. The van der Waals surface area contributed by atoms with Gasteiger partial charge < -0.3 is 10.2 Å². The molecule has 1 atom stereocenters. The predicted octanol–water partition coefficient (Wildman–Crippen LogP) is 2.31. The largest absolute Gasteiger partial charge is 0.352 e. The molecule has 1 aromatic heterocycles. The van der Waals surface area contributed by atoms with Gasteiger partial charge in [0.15, 0.2) is 0 Å². The zero-order chi connectivity index (χ0) is 14.5. The van der Waals surface area contributed by atoms with Crippen LogP contribution in [-0.2, 0) is 4.79 Å². The molecule has 20 heavy (non-hydrogen) atoms. The van der Waals surface area contributed by atoms with Gasteiger partial charge in [-0.3, -0.25) is 4.79 Å². The van der Waals surface area contributed by atoms with E-state index in [2.05, 4.69) is 29.0 Å². The molecular formula is C15H23N3OS. The van der Waals surface area contributed by atoms with Crippen LogP contribution >= 0.6 is 11.3 Å². The molecule has 1 aliphatic heterocycles. The maximum Gasteiger partial charge on any atom is 0.244 e. The lowest BCUT2D eigenvalue weighted by Gasteiger charge is -2.20. The first-order chi connectivity index (χ1) is 9.54. The molecule has 0 aliphatic carbocycles. The number of hydrogen-bond donors (Lipinski definition) is 1. The van der Waals surface area contributed by atoms with Gasteiger partial charge in [0.1, 0.15) is 0 Å². The van der Waals surface area contributed by atoms with Gasteiger partial charge in [0.05, 0.1) is 10.7 Å². The minimum absolute atomic E-state index is 0.0290. The molecule has 1 aromatic rings. The van der Waals surface area contributed by atoms with Gasteiger partial charge in [0, 0.05) is 30.6 Å². The lowest BCUT2D eigenvalue weighted by molar-refractivity contribution is -0.116. The average molecular weight is 293 g/mol. The van der Waals surface area contributed by atoms with Crippen LogP contribution in [0.3, 0.4) is 0 Å². The van der Waals surface area contributed by atoms with Crippen molar-refractivity contribution >= 4 is 23.3 Å². The second-order valence-electron chi connectivity index (χ2n) is 5.61. The Balaban J connectivity index is 1.72. The Morgan fingerprint density at radius 3 is 3.05 bits per heavy atom. The van der Waals surface area contributed by atoms with Crippen LogP contribution in [-0.4, -0.2) is 41.5 Å². The van der Waals surface area contributed by atoms with Crippen molar-refractivity contribution in [3.05, 3.63) is 22.2 Å². The lowest BCUT2D eigenvalue weighted by Crippen LogP contribution is -2.32. The summed E-state index contributed by atoms with van der Waals surface area (Å²) >= 11 is 1.59. The molecule has 1 N–H and O–H groups in total. The van der Waals surface area contributed by atoms with Crippen molar-refractivity contribution in [1.82, 2.24) is 15.2 Å². The van der Waals surface area contributed by atoms with Gasteiger partial charge in [0.25, 0.3) is 0 Å². The smallest absolute Gasteiger partial charge is 0.244 e. The van der Waals surface area contributed by atoms with E-state index in [1.807, 2.05) is 12.3 Å². The molecule has 1 amide bonds. The zero-order valence-electron chi connectivity index (χ0n) is 12.4. The summed E-state index contributed by atoms with van der Waals surface area (Å²) in [5.41, 5.74) is 0.856. The number of thiazole rings is 1. The first-order valence-corrected chi connectivity index (χ1v) is 8.04. The lowest BCUT2D eigenvalue weighted by atomic mass is 10.1. The molecule has 1 saturated heterocycles. The van der Waals surface area contributed by atoms with E-state index in [0.717, 1.165) is 30.3 Å². The van der Waals surface area contributed by atoms with Crippen molar-refractivity contribution in [2.24, 2.45) is 5.92 Å². The second-order valence-corrected chi connectivity index (χ2v) is 6.68. The maximum absolute atomic E-state index is 11.8. The number of likely N-dealkylation sites (tertiary alicyclic amines) is 1. The van der Waals surface area contributed by atoms with E-state index in [4.69, 9.17) is 0 Å². The molecule has 1 fully saturated rings. The number of rotatable bonds is 5. The summed E-state index contributed by atoms with van der Waals surface area (Å²) in [7, 11) is 0. The first-order valence-electron chi connectivity index (χ1n) is 7.16. The van der Waals surface area contributed by atoms with Gasteiger partial charge in [-0.1, -0.05) is 0 Å². The Morgan fingerprint density at radius 1 is 1.65 bits per heavy atom. The maximum atomic E-state index is 11.8. The fourth-order valence-electron chi connectivity index (χ4n) is 2.42. The Labute approximate surface area is 124 Å². The summed E-state index contributed by atoms with van der Waals surface area (Å²) in [5.74, 6) is 0.551. The molecule has 2 heterocycles. The number of hydrogen-bond acceptors (Lipinski definition) is 4. The number of carbonyl (C=O) groups excluding carboxylic acids is 1. The summed E-state index contributed by atoms with van der Waals surface area (Å²) in [6, 6.07) is 0.600. The van der Waals surface area contributed by atoms with Crippen LogP contribution in [0.4, 0.5) is 0 Å². The van der Waals surface area contributed by atoms with Crippen LogP contribution in [0.15, 0.2) is 11.5 Å². The molecule has 0 bridgehead atoms. The van der Waals surface area contributed by atoms with E-state index in [9.17, 15) is 4.79 Å². The zero-order valence-corrected chi connectivity index (χ0v) is 13.2. The summed E-state index contributed by atoms with van der Waals surface area (Å²) in [5, 5.41) is 5.96. The summed E-state index contributed by atoms with van der Waals surface area (Å²) in [6.07, 6.45) is 4.52. The third-order valence-corrected chi connectivity index (χ3v) is 4.45. The number of nitrogens with zero attached hydrogens (tertiary/aromatic N) is 2. The van der Waals surface area contributed by atoms with E-state index in [1.165, 1.54) is 6.42 Å². The normalized spacial score (nSPS) is 20.1. The molecule has 2 rings (SSSR count). The molecule has 5 heteroatoms. The summed E-state index contributed by atoms with van der Waals surface area (Å²) < 4.78 is 0. The van der Waals surface area contributed by atoms with Gasteiger partial charge in [-0.15, -0.1) is 11.3 Å². The van der Waals surface area contributed by atoms with Gasteiger partial charge in [-0.05, 0) is 45.7 Å². The fourth-order valence-corrected chi connectivity index (χ4v) is 3.00. The molecule has 0 spiro atoms. The summed E-state index contributed by atoms with van der Waals surface area (Å²) in [4.78, 5) is 18.5. The van der Waals surface area contributed by atoms with Crippen molar-refractivity contribution in [3.8, 4) is 0 Å². The fraction of sp³-hybridized carbons (Fsp3) is 0.600. The Bertz CT molecular complexity index is 481. The molecule has 0 saturated carbocycles. The number of carbonyl (C=O) groups is 1. The van der Waals surface area contributed by atoms with Crippen LogP contribution < -0.4 is 5.32 Å². The molecule has 0 radical (unpaired) electrons. The van der Waals surface area contributed by atoms with Crippen LogP contribution in [0.25, 0.3) is 6.08 Å². The van der Waals surface area contributed by atoms with E-state index in [0.29, 0.717) is 12.0 Å². The summed E-state index contributed by atoms with van der Waals surface area (Å²) in [6.45, 7) is 9.41. The number of aromatic nitrogens is 1. The average Bonchev–Trinajstić information content (AvgIpc) is 3.03. The third kappa shape index (κ3) is 4.42. The van der Waals surface area contributed by atoms with Crippen LogP contribution in [0, 0.1) is 12.8 Å². The highest BCUT2D eigenvalue weighted by molar-refractivity contribution is 7.09. The minimum Gasteiger partial charge on any atom is -0.352 e. The predicted molar refractivity (Wildman–Crippen MR) is 83.7 cm³/mol. The van der Waals surface area contributed by atoms with Crippen molar-refractivity contribution in [1.29, 1.82) is 0 Å². The van der Waals surface area contributed by atoms with E-state index >= 15 is 0 Å².